The molecule has 1 aliphatic rings. The van der Waals surface area contributed by atoms with E-state index in [9.17, 15) is 9.18 Å². The van der Waals surface area contributed by atoms with E-state index in [1.165, 1.54) is 0 Å². The summed E-state index contributed by atoms with van der Waals surface area (Å²) >= 11 is 0. The molecule has 12 heavy (non-hydrogen) atoms. The fourth-order valence-electron chi connectivity index (χ4n) is 1.38. The Bertz CT molecular complexity index is 141. The number of carbonyl (C=O) groups is 1. The second-order valence-corrected chi connectivity index (χ2v) is 2.99. The normalized spacial score (nSPS) is 20.7. The molecule has 0 amide bonds. The molecule has 0 unspecified atom stereocenters. The van der Waals surface area contributed by atoms with E-state index in [0.29, 0.717) is 12.8 Å². The van der Waals surface area contributed by atoms with Gasteiger partial charge in [0.05, 0.1) is 0 Å². The van der Waals surface area contributed by atoms with E-state index in [2.05, 4.69) is 0 Å². The van der Waals surface area contributed by atoms with Gasteiger partial charge < -0.3 is 5.73 Å². The zero-order valence-electron chi connectivity index (χ0n) is 7.90. The van der Waals surface area contributed by atoms with Crippen LogP contribution < -0.4 is 5.73 Å². The van der Waals surface area contributed by atoms with Crippen LogP contribution in [0, 0.1) is 0 Å². The van der Waals surface area contributed by atoms with Gasteiger partial charge in [-0.1, -0.05) is 33.1 Å². The maximum absolute atomic E-state index is 12.2. The Morgan fingerprint density at radius 2 is 1.67 bits per heavy atom. The van der Waals surface area contributed by atoms with Crippen LogP contribution in [-0.2, 0) is 4.79 Å². The summed E-state index contributed by atoms with van der Waals surface area (Å²) in [7, 11) is 0. The molecule has 1 aliphatic carbocycles. The predicted molar refractivity (Wildman–Crippen MR) is 47.5 cm³/mol. The molecule has 0 heterocycles. The molecule has 3 heteroatoms. The number of carbonyl (C=O) groups excluding carboxylic acids is 1. The maximum atomic E-state index is 12.2. The lowest BCUT2D eigenvalue weighted by Crippen LogP contribution is -2.47. The van der Waals surface area contributed by atoms with E-state index in [0.717, 1.165) is 19.3 Å². The molecule has 0 saturated heterocycles. The van der Waals surface area contributed by atoms with Crippen LogP contribution in [0.15, 0.2) is 0 Å². The molecule has 2 nitrogen and oxygen atoms in total. The molecular weight excluding hydrogens is 157 g/mol. The highest BCUT2D eigenvalue weighted by Crippen LogP contribution is 2.26. The van der Waals surface area contributed by atoms with E-state index in [1.54, 1.807) is 0 Å². The van der Waals surface area contributed by atoms with Gasteiger partial charge in [-0.15, -0.1) is 0 Å². The van der Waals surface area contributed by atoms with E-state index in [4.69, 9.17) is 5.73 Å². The summed E-state index contributed by atoms with van der Waals surface area (Å²) < 4.78 is 12.2. The number of hydrogen-bond acceptors (Lipinski definition) is 2. The van der Waals surface area contributed by atoms with Crippen molar-refractivity contribution in [2.45, 2.75) is 51.5 Å². The molecule has 0 aromatic heterocycles. The average Bonchev–Trinajstić information content (AvgIpc) is 2.09. The Hall–Kier alpha value is -0.440. The summed E-state index contributed by atoms with van der Waals surface area (Å²) in [6.45, 7) is 4.00. The van der Waals surface area contributed by atoms with Gasteiger partial charge in [0.25, 0.3) is 0 Å². The Morgan fingerprint density at radius 1 is 1.25 bits per heavy atom. The highest BCUT2D eigenvalue weighted by Gasteiger charge is 2.35. The molecule has 0 bridgehead atoms. The van der Waals surface area contributed by atoms with Crippen molar-refractivity contribution in [2.75, 3.05) is 0 Å². The zero-order valence-corrected chi connectivity index (χ0v) is 7.90. The summed E-state index contributed by atoms with van der Waals surface area (Å²) in [6.07, 6.45) is 3.87. The standard InChI is InChI=1S/C7H12FNO.C2H6/c8-6(10)7(9)4-2-1-3-5-7;1-2/h1-5,9H2;1-2H3. The highest BCUT2D eigenvalue weighted by molar-refractivity contribution is 5.79. The Morgan fingerprint density at radius 3 is 1.92 bits per heavy atom. The van der Waals surface area contributed by atoms with E-state index in [-0.39, 0.29) is 0 Å². The van der Waals surface area contributed by atoms with Crippen molar-refractivity contribution in [1.29, 1.82) is 0 Å². The van der Waals surface area contributed by atoms with Crippen molar-refractivity contribution < 1.29 is 9.18 Å². The first-order valence-electron chi connectivity index (χ1n) is 4.64. The van der Waals surface area contributed by atoms with Gasteiger partial charge in [-0.25, -0.2) is 0 Å². The minimum atomic E-state index is -1.34. The van der Waals surface area contributed by atoms with Crippen LogP contribution in [-0.4, -0.2) is 11.6 Å². The number of nitrogens with two attached hydrogens (primary N) is 1. The van der Waals surface area contributed by atoms with Gasteiger partial charge in [0.15, 0.2) is 0 Å². The molecule has 0 aliphatic heterocycles. The third-order valence-corrected chi connectivity index (χ3v) is 2.14. The smallest absolute Gasteiger partial charge is 0.317 e. The largest absolute Gasteiger partial charge is 0.321 e. The fourth-order valence-corrected chi connectivity index (χ4v) is 1.38. The topological polar surface area (TPSA) is 43.1 Å². The summed E-state index contributed by atoms with van der Waals surface area (Å²) in [4.78, 5) is 10.3. The summed E-state index contributed by atoms with van der Waals surface area (Å²) in [6, 6.07) is -1.34. The van der Waals surface area contributed by atoms with E-state index in [1.807, 2.05) is 13.8 Å². The lowest BCUT2D eigenvalue weighted by atomic mass is 9.83. The molecule has 0 aromatic carbocycles. The first kappa shape index (κ1) is 11.6. The molecule has 1 fully saturated rings. The summed E-state index contributed by atoms with van der Waals surface area (Å²) in [5, 5.41) is 0. The quantitative estimate of drug-likeness (QED) is 0.621. The second-order valence-electron chi connectivity index (χ2n) is 2.99. The van der Waals surface area contributed by atoms with Crippen molar-refractivity contribution in [3.8, 4) is 0 Å². The van der Waals surface area contributed by atoms with Gasteiger partial charge in [-0.2, -0.15) is 4.39 Å². The van der Waals surface area contributed by atoms with Crippen LogP contribution in [0.5, 0.6) is 0 Å². The molecular formula is C9H18FNO. The molecule has 0 spiro atoms. The van der Waals surface area contributed by atoms with E-state index >= 15 is 0 Å². The molecule has 0 aromatic rings. The summed E-state index contributed by atoms with van der Waals surface area (Å²) in [5.74, 6) is 0. The Balaban J connectivity index is 0.000000561. The Kier molecular flexibility index (Phi) is 5.06. The minimum Gasteiger partial charge on any atom is -0.317 e. The van der Waals surface area contributed by atoms with E-state index < -0.39 is 11.6 Å². The van der Waals surface area contributed by atoms with Gasteiger partial charge in [-0.3, -0.25) is 4.79 Å². The van der Waals surface area contributed by atoms with Gasteiger partial charge >= 0.3 is 6.04 Å². The maximum Gasteiger partial charge on any atom is 0.321 e. The third-order valence-electron chi connectivity index (χ3n) is 2.14. The SMILES string of the molecule is CC.NC1(C(=O)F)CCCCC1. The van der Waals surface area contributed by atoms with Crippen molar-refractivity contribution in [2.24, 2.45) is 5.73 Å². The molecule has 0 radical (unpaired) electrons. The van der Waals surface area contributed by atoms with Crippen molar-refractivity contribution >= 4 is 6.04 Å². The van der Waals surface area contributed by atoms with Gasteiger partial charge in [0.1, 0.15) is 5.54 Å². The molecule has 1 rings (SSSR count). The minimum absolute atomic E-state index is 0.516. The lowest BCUT2D eigenvalue weighted by Gasteiger charge is -2.27. The number of hydrogen-bond donors (Lipinski definition) is 1. The highest BCUT2D eigenvalue weighted by atomic mass is 19.1. The molecule has 1 saturated carbocycles. The van der Waals surface area contributed by atoms with Crippen molar-refractivity contribution in [1.82, 2.24) is 0 Å². The zero-order chi connectivity index (χ0) is 9.61. The van der Waals surface area contributed by atoms with Crippen LogP contribution in [0.4, 0.5) is 4.39 Å². The average molecular weight is 175 g/mol. The van der Waals surface area contributed by atoms with Crippen LogP contribution in [0.25, 0.3) is 0 Å². The second kappa shape index (κ2) is 5.25. The van der Waals surface area contributed by atoms with Gasteiger partial charge in [0, 0.05) is 0 Å². The fraction of sp³-hybridized carbons (Fsp3) is 0.889. The number of halogens is 1. The van der Waals surface area contributed by atoms with Crippen LogP contribution in [0.1, 0.15) is 46.0 Å². The van der Waals surface area contributed by atoms with Crippen molar-refractivity contribution in [3.05, 3.63) is 0 Å². The van der Waals surface area contributed by atoms with Crippen LogP contribution in [0.3, 0.4) is 0 Å². The molecule has 72 valence electrons. The molecule has 0 atom stereocenters. The van der Waals surface area contributed by atoms with Gasteiger partial charge in [-0.05, 0) is 12.8 Å². The summed E-state index contributed by atoms with van der Waals surface area (Å²) in [5.41, 5.74) is 4.35. The number of rotatable bonds is 1. The van der Waals surface area contributed by atoms with Crippen molar-refractivity contribution in [3.63, 3.8) is 0 Å². The van der Waals surface area contributed by atoms with Crippen LogP contribution in [0.2, 0.25) is 0 Å². The predicted octanol–water partition coefficient (Wildman–Crippen LogP) is 2.17. The Labute approximate surface area is 73.3 Å². The molecule has 2 N–H and O–H groups in total. The third kappa shape index (κ3) is 2.89. The lowest BCUT2D eigenvalue weighted by molar-refractivity contribution is -0.136. The van der Waals surface area contributed by atoms with Gasteiger partial charge in [0.2, 0.25) is 0 Å². The van der Waals surface area contributed by atoms with Crippen LogP contribution >= 0.6 is 0 Å². The first-order chi connectivity index (χ1) is 5.65. The monoisotopic (exact) mass is 175 g/mol. The first-order valence-corrected chi connectivity index (χ1v) is 4.64.